The summed E-state index contributed by atoms with van der Waals surface area (Å²) in [5.74, 6) is 0.378. The minimum atomic E-state index is -0.476. The molecule has 1 aliphatic heterocycles. The number of amides is 1. The molecule has 1 aromatic carbocycles. The zero-order valence-electron chi connectivity index (χ0n) is 16.2. The number of morpholine rings is 1. The first-order valence-corrected chi connectivity index (χ1v) is 10.4. The van der Waals surface area contributed by atoms with Crippen LogP contribution in [-0.2, 0) is 17.8 Å². The molecule has 4 rings (SSSR count). The Morgan fingerprint density at radius 2 is 2.00 bits per heavy atom. The van der Waals surface area contributed by atoms with Crippen LogP contribution in [0.5, 0.6) is 0 Å². The second-order valence-electron chi connectivity index (χ2n) is 6.88. The summed E-state index contributed by atoms with van der Waals surface area (Å²) in [4.78, 5) is 29.3. The quantitative estimate of drug-likeness (QED) is 0.419. The molecule has 0 spiro atoms. The van der Waals surface area contributed by atoms with Gasteiger partial charge in [-0.05, 0) is 29.6 Å². The average molecular weight is 427 g/mol. The van der Waals surface area contributed by atoms with E-state index in [4.69, 9.17) is 9.15 Å². The molecular weight excluding hydrogens is 406 g/mol. The van der Waals surface area contributed by atoms with Crippen molar-refractivity contribution >= 4 is 28.6 Å². The van der Waals surface area contributed by atoms with Crippen molar-refractivity contribution < 1.29 is 18.9 Å². The Morgan fingerprint density at radius 3 is 2.67 bits per heavy atom. The Labute approximate surface area is 177 Å². The van der Waals surface area contributed by atoms with E-state index in [1.54, 1.807) is 34.6 Å². The van der Waals surface area contributed by atoms with Crippen LogP contribution in [0.3, 0.4) is 0 Å². The number of anilines is 1. The number of thiophene rings is 1. The molecule has 8 nitrogen and oxygen atoms in total. The fourth-order valence-corrected chi connectivity index (χ4v) is 4.16. The first-order valence-electron chi connectivity index (χ1n) is 9.57. The number of ether oxygens (including phenoxy) is 1. The van der Waals surface area contributed by atoms with Gasteiger partial charge in [-0.3, -0.25) is 14.9 Å². The van der Waals surface area contributed by atoms with Crippen molar-refractivity contribution in [3.63, 3.8) is 0 Å². The van der Waals surface area contributed by atoms with Crippen LogP contribution in [0, 0.1) is 10.1 Å². The molecule has 1 amide bonds. The Bertz CT molecular complexity index is 962. The molecule has 0 bridgehead atoms. The van der Waals surface area contributed by atoms with Crippen LogP contribution in [0.1, 0.15) is 21.0 Å². The van der Waals surface area contributed by atoms with Crippen LogP contribution >= 0.6 is 11.3 Å². The predicted octanol–water partition coefficient (Wildman–Crippen LogP) is 3.93. The van der Waals surface area contributed by atoms with Crippen molar-refractivity contribution in [1.82, 2.24) is 4.90 Å². The van der Waals surface area contributed by atoms with E-state index in [-0.39, 0.29) is 18.1 Å². The summed E-state index contributed by atoms with van der Waals surface area (Å²) >= 11 is 1.56. The smallest absolute Gasteiger partial charge is 0.270 e. The fourth-order valence-electron chi connectivity index (χ4n) is 3.44. The topological polar surface area (TPSA) is 89.1 Å². The number of nitrogens with zero attached hydrogens (tertiary/aromatic N) is 3. The Morgan fingerprint density at radius 1 is 1.17 bits per heavy atom. The lowest BCUT2D eigenvalue weighted by Crippen LogP contribution is -2.38. The number of carbonyl (C=O) groups is 1. The lowest BCUT2D eigenvalue weighted by Gasteiger charge is -2.31. The zero-order valence-corrected chi connectivity index (χ0v) is 17.0. The van der Waals surface area contributed by atoms with Crippen molar-refractivity contribution in [2.24, 2.45) is 0 Å². The highest BCUT2D eigenvalue weighted by molar-refractivity contribution is 7.09. The molecule has 9 heteroatoms. The lowest BCUT2D eigenvalue weighted by atomic mass is 10.1. The Hall–Kier alpha value is -3.17. The van der Waals surface area contributed by atoms with Gasteiger partial charge in [0.1, 0.15) is 5.76 Å². The number of nitro groups is 1. The predicted molar refractivity (Wildman–Crippen MR) is 113 cm³/mol. The number of furan rings is 1. The second kappa shape index (κ2) is 9.10. The summed E-state index contributed by atoms with van der Waals surface area (Å²) in [6, 6.07) is 12.0. The van der Waals surface area contributed by atoms with Gasteiger partial charge in [0, 0.05) is 30.1 Å². The highest BCUT2D eigenvalue weighted by Crippen LogP contribution is 2.29. The number of carbonyl (C=O) groups excluding carboxylic acids is 1. The third-order valence-electron chi connectivity index (χ3n) is 4.91. The molecule has 0 unspecified atom stereocenters. The molecule has 1 aliphatic rings. The van der Waals surface area contributed by atoms with E-state index in [1.807, 2.05) is 28.5 Å². The number of rotatable bonds is 7. The van der Waals surface area contributed by atoms with Crippen molar-refractivity contribution in [3.8, 4) is 0 Å². The average Bonchev–Trinajstić information content (AvgIpc) is 3.47. The molecular formula is C21H21N3O5S. The van der Waals surface area contributed by atoms with Gasteiger partial charge in [0.15, 0.2) is 0 Å². The van der Waals surface area contributed by atoms with E-state index >= 15 is 0 Å². The van der Waals surface area contributed by atoms with E-state index < -0.39 is 4.92 Å². The number of hydrogen-bond acceptors (Lipinski definition) is 7. The maximum atomic E-state index is 13.6. The summed E-state index contributed by atoms with van der Waals surface area (Å²) in [5, 5.41) is 13.3. The normalized spacial score (nSPS) is 13.9. The summed E-state index contributed by atoms with van der Waals surface area (Å²) < 4.78 is 10.9. The molecule has 0 radical (unpaired) electrons. The van der Waals surface area contributed by atoms with Gasteiger partial charge in [-0.25, -0.2) is 0 Å². The minimum Gasteiger partial charge on any atom is -0.467 e. The van der Waals surface area contributed by atoms with E-state index in [0.29, 0.717) is 49.9 Å². The minimum absolute atomic E-state index is 0.107. The van der Waals surface area contributed by atoms with Crippen LogP contribution in [0.15, 0.2) is 58.5 Å². The zero-order chi connectivity index (χ0) is 20.9. The van der Waals surface area contributed by atoms with Crippen LogP contribution in [0.25, 0.3) is 0 Å². The van der Waals surface area contributed by atoms with Gasteiger partial charge in [0.2, 0.25) is 0 Å². The number of benzene rings is 1. The first-order chi connectivity index (χ1) is 14.6. The molecule has 3 aromatic rings. The third kappa shape index (κ3) is 4.52. The maximum absolute atomic E-state index is 13.6. The standard InChI is InChI=1S/C21H21N3O5S/c25-21(23(14-17-3-1-9-29-17)15-18-4-2-12-30-18)19-13-16(24(26)27)5-6-20(19)22-7-10-28-11-8-22/h1-6,9,12-13H,7-8,10-11,14-15H2. The Balaban J connectivity index is 1.71. The second-order valence-corrected chi connectivity index (χ2v) is 7.91. The van der Waals surface area contributed by atoms with Gasteiger partial charge < -0.3 is 19.0 Å². The van der Waals surface area contributed by atoms with Gasteiger partial charge in [-0.1, -0.05) is 6.07 Å². The summed E-state index contributed by atoms with van der Waals surface area (Å²) in [7, 11) is 0. The first kappa shape index (κ1) is 20.1. The highest BCUT2D eigenvalue weighted by atomic mass is 32.1. The van der Waals surface area contributed by atoms with E-state index in [2.05, 4.69) is 0 Å². The number of non-ortho nitro benzene ring substituents is 1. The highest BCUT2D eigenvalue weighted by Gasteiger charge is 2.26. The molecule has 0 saturated carbocycles. The lowest BCUT2D eigenvalue weighted by molar-refractivity contribution is -0.384. The molecule has 1 fully saturated rings. The summed E-state index contributed by atoms with van der Waals surface area (Å²) in [6.07, 6.45) is 1.57. The largest absolute Gasteiger partial charge is 0.467 e. The molecule has 1 saturated heterocycles. The SMILES string of the molecule is O=C(c1cc([N+](=O)[O-])ccc1N1CCOCC1)N(Cc1ccco1)Cc1cccs1. The van der Waals surface area contributed by atoms with E-state index in [9.17, 15) is 14.9 Å². The maximum Gasteiger partial charge on any atom is 0.270 e. The van der Waals surface area contributed by atoms with Gasteiger partial charge in [0.05, 0.1) is 48.7 Å². The van der Waals surface area contributed by atoms with Crippen molar-refractivity contribution in [2.45, 2.75) is 13.1 Å². The summed E-state index contributed by atoms with van der Waals surface area (Å²) in [6.45, 7) is 3.02. The van der Waals surface area contributed by atoms with Gasteiger partial charge in [-0.2, -0.15) is 0 Å². The van der Waals surface area contributed by atoms with Gasteiger partial charge >= 0.3 is 0 Å². The van der Waals surface area contributed by atoms with Gasteiger partial charge in [0.25, 0.3) is 11.6 Å². The van der Waals surface area contributed by atoms with Crippen molar-refractivity contribution in [1.29, 1.82) is 0 Å². The monoisotopic (exact) mass is 427 g/mol. The molecule has 2 aromatic heterocycles. The van der Waals surface area contributed by atoms with Crippen LogP contribution < -0.4 is 4.90 Å². The molecule has 3 heterocycles. The fraction of sp³-hybridized carbons (Fsp3) is 0.286. The molecule has 0 atom stereocenters. The van der Waals surface area contributed by atoms with Gasteiger partial charge in [-0.15, -0.1) is 11.3 Å². The third-order valence-corrected chi connectivity index (χ3v) is 5.78. The van der Waals surface area contributed by atoms with Crippen molar-refractivity contribution in [2.75, 3.05) is 31.2 Å². The van der Waals surface area contributed by atoms with Crippen LogP contribution in [-0.4, -0.2) is 42.0 Å². The number of hydrogen-bond donors (Lipinski definition) is 0. The van der Waals surface area contributed by atoms with Crippen LogP contribution in [0.2, 0.25) is 0 Å². The Kier molecular flexibility index (Phi) is 6.10. The molecule has 0 N–H and O–H groups in total. The van der Waals surface area contributed by atoms with E-state index in [0.717, 1.165) is 4.88 Å². The molecule has 0 aliphatic carbocycles. The van der Waals surface area contributed by atoms with Crippen LogP contribution in [0.4, 0.5) is 11.4 Å². The molecule has 30 heavy (non-hydrogen) atoms. The summed E-state index contributed by atoms with van der Waals surface area (Å²) in [5.41, 5.74) is 0.892. The molecule has 156 valence electrons. The van der Waals surface area contributed by atoms with Crippen molar-refractivity contribution in [3.05, 3.63) is 80.4 Å². The number of nitro benzene ring substituents is 1. The van der Waals surface area contributed by atoms with E-state index in [1.165, 1.54) is 12.1 Å².